The number of rotatable bonds is 10. The van der Waals surface area contributed by atoms with E-state index in [1.807, 2.05) is 13.0 Å². The molecule has 1 aliphatic heterocycles. The van der Waals surface area contributed by atoms with Crippen LogP contribution < -0.4 is 14.8 Å². The lowest BCUT2D eigenvalue weighted by molar-refractivity contribution is -0.0681. The van der Waals surface area contributed by atoms with Gasteiger partial charge in [0.15, 0.2) is 11.5 Å². The van der Waals surface area contributed by atoms with Crippen molar-refractivity contribution in [2.45, 2.75) is 52.4 Å². The Balaban J connectivity index is 1.63. The van der Waals surface area contributed by atoms with Crippen molar-refractivity contribution in [3.05, 3.63) is 23.8 Å². The SMILES string of the molecule is CCOc1cc(CNCCCCN2CC(C)OC(C)C2)ccc1OC. The predicted octanol–water partition coefficient (Wildman–Crippen LogP) is 3.07. The van der Waals surface area contributed by atoms with Crippen molar-refractivity contribution in [2.24, 2.45) is 0 Å². The first-order valence-electron chi connectivity index (χ1n) is 9.50. The highest BCUT2D eigenvalue weighted by atomic mass is 16.5. The van der Waals surface area contributed by atoms with Crippen LogP contribution in [0.1, 0.15) is 39.2 Å². The summed E-state index contributed by atoms with van der Waals surface area (Å²) in [6.45, 7) is 12.1. The summed E-state index contributed by atoms with van der Waals surface area (Å²) in [7, 11) is 1.67. The maximum absolute atomic E-state index is 5.78. The number of hydrogen-bond donors (Lipinski definition) is 1. The number of nitrogens with one attached hydrogen (secondary N) is 1. The number of hydrogen-bond acceptors (Lipinski definition) is 5. The summed E-state index contributed by atoms with van der Waals surface area (Å²) >= 11 is 0. The van der Waals surface area contributed by atoms with Gasteiger partial charge in [0.2, 0.25) is 0 Å². The van der Waals surface area contributed by atoms with Gasteiger partial charge >= 0.3 is 0 Å². The van der Waals surface area contributed by atoms with E-state index >= 15 is 0 Å². The number of methoxy groups -OCH3 is 1. The summed E-state index contributed by atoms with van der Waals surface area (Å²) in [5, 5.41) is 3.52. The molecular weight excluding hydrogens is 316 g/mol. The molecular formula is C20H34N2O3. The quantitative estimate of drug-likeness (QED) is 0.657. The third-order valence-corrected chi connectivity index (χ3v) is 4.43. The van der Waals surface area contributed by atoms with Crippen molar-refractivity contribution >= 4 is 0 Å². The first-order valence-corrected chi connectivity index (χ1v) is 9.50. The van der Waals surface area contributed by atoms with Crippen molar-refractivity contribution in [3.63, 3.8) is 0 Å². The van der Waals surface area contributed by atoms with Crippen LogP contribution in [0.5, 0.6) is 11.5 Å². The lowest BCUT2D eigenvalue weighted by Gasteiger charge is -2.35. The summed E-state index contributed by atoms with van der Waals surface area (Å²) < 4.78 is 16.7. The number of morpholine rings is 1. The molecule has 5 nitrogen and oxygen atoms in total. The highest BCUT2D eigenvalue weighted by Crippen LogP contribution is 2.27. The largest absolute Gasteiger partial charge is 0.493 e. The molecule has 1 aromatic carbocycles. The monoisotopic (exact) mass is 350 g/mol. The summed E-state index contributed by atoms with van der Waals surface area (Å²) in [5.41, 5.74) is 1.22. The second kappa shape index (κ2) is 10.6. The van der Waals surface area contributed by atoms with Crippen molar-refractivity contribution in [1.82, 2.24) is 10.2 Å². The second-order valence-corrected chi connectivity index (χ2v) is 6.82. The van der Waals surface area contributed by atoms with Gasteiger partial charge in [0, 0.05) is 19.6 Å². The Hall–Kier alpha value is -1.30. The molecule has 1 aromatic rings. The van der Waals surface area contributed by atoms with Crippen LogP contribution in [0, 0.1) is 0 Å². The maximum Gasteiger partial charge on any atom is 0.161 e. The molecule has 0 spiro atoms. The van der Waals surface area contributed by atoms with Crippen LogP contribution >= 0.6 is 0 Å². The molecule has 2 unspecified atom stereocenters. The van der Waals surface area contributed by atoms with E-state index in [0.717, 1.165) is 44.2 Å². The normalized spacial score (nSPS) is 21.3. The van der Waals surface area contributed by atoms with Crippen LogP contribution in [0.3, 0.4) is 0 Å². The van der Waals surface area contributed by atoms with E-state index in [9.17, 15) is 0 Å². The molecule has 0 aliphatic carbocycles. The molecule has 2 atom stereocenters. The molecule has 0 saturated carbocycles. The zero-order chi connectivity index (χ0) is 18.1. The second-order valence-electron chi connectivity index (χ2n) is 6.82. The molecule has 142 valence electrons. The smallest absolute Gasteiger partial charge is 0.161 e. The van der Waals surface area contributed by atoms with E-state index in [1.54, 1.807) is 7.11 Å². The lowest BCUT2D eigenvalue weighted by atomic mass is 10.2. The van der Waals surface area contributed by atoms with Crippen LogP contribution in [-0.4, -0.2) is 57.0 Å². The van der Waals surface area contributed by atoms with E-state index in [2.05, 4.69) is 36.2 Å². The summed E-state index contributed by atoms with van der Waals surface area (Å²) in [5.74, 6) is 1.61. The number of unbranched alkanes of at least 4 members (excludes halogenated alkanes) is 1. The molecule has 1 saturated heterocycles. The molecule has 5 heteroatoms. The van der Waals surface area contributed by atoms with Gasteiger partial charge in [-0.15, -0.1) is 0 Å². The molecule has 0 aromatic heterocycles. The molecule has 0 bridgehead atoms. The average molecular weight is 351 g/mol. The molecule has 25 heavy (non-hydrogen) atoms. The van der Waals surface area contributed by atoms with Gasteiger partial charge in [-0.2, -0.15) is 0 Å². The van der Waals surface area contributed by atoms with E-state index in [0.29, 0.717) is 18.8 Å². The van der Waals surface area contributed by atoms with Crippen LogP contribution in [0.25, 0.3) is 0 Å². The van der Waals surface area contributed by atoms with Crippen LogP contribution in [0.15, 0.2) is 18.2 Å². The molecule has 1 N–H and O–H groups in total. The van der Waals surface area contributed by atoms with Gasteiger partial charge in [0.05, 0.1) is 25.9 Å². The molecule has 2 rings (SSSR count). The fourth-order valence-electron chi connectivity index (χ4n) is 3.38. The Bertz CT molecular complexity index is 500. The first kappa shape index (κ1) is 20.0. The van der Waals surface area contributed by atoms with E-state index in [1.165, 1.54) is 18.4 Å². The van der Waals surface area contributed by atoms with E-state index in [4.69, 9.17) is 14.2 Å². The Kier molecular flexibility index (Phi) is 8.52. The molecule has 1 fully saturated rings. The van der Waals surface area contributed by atoms with Gasteiger partial charge in [-0.25, -0.2) is 0 Å². The van der Waals surface area contributed by atoms with Gasteiger partial charge < -0.3 is 19.5 Å². The minimum atomic E-state index is 0.358. The highest BCUT2D eigenvalue weighted by Gasteiger charge is 2.21. The Morgan fingerprint density at radius 3 is 2.60 bits per heavy atom. The first-order chi connectivity index (χ1) is 12.1. The fraction of sp³-hybridized carbons (Fsp3) is 0.700. The zero-order valence-electron chi connectivity index (χ0n) is 16.2. The maximum atomic E-state index is 5.78. The zero-order valence-corrected chi connectivity index (χ0v) is 16.2. The van der Waals surface area contributed by atoms with Gasteiger partial charge in [0.25, 0.3) is 0 Å². The number of ether oxygens (including phenoxy) is 3. The van der Waals surface area contributed by atoms with Gasteiger partial charge in [-0.3, -0.25) is 4.90 Å². The fourth-order valence-corrected chi connectivity index (χ4v) is 3.38. The van der Waals surface area contributed by atoms with Crippen LogP contribution in [0.2, 0.25) is 0 Å². The van der Waals surface area contributed by atoms with Gasteiger partial charge in [-0.1, -0.05) is 6.07 Å². The van der Waals surface area contributed by atoms with Crippen molar-refractivity contribution in [1.29, 1.82) is 0 Å². The van der Waals surface area contributed by atoms with E-state index in [-0.39, 0.29) is 0 Å². The summed E-state index contributed by atoms with van der Waals surface area (Å²) in [6, 6.07) is 6.12. The number of nitrogens with zero attached hydrogens (tertiary/aromatic N) is 1. The Labute approximate surface area is 152 Å². The summed E-state index contributed by atoms with van der Waals surface area (Å²) in [6.07, 6.45) is 3.13. The van der Waals surface area contributed by atoms with Crippen molar-refractivity contribution in [3.8, 4) is 11.5 Å². The molecule has 0 radical (unpaired) electrons. The third-order valence-electron chi connectivity index (χ3n) is 4.43. The summed E-state index contributed by atoms with van der Waals surface area (Å²) in [4.78, 5) is 2.52. The van der Waals surface area contributed by atoms with E-state index < -0.39 is 0 Å². The highest BCUT2D eigenvalue weighted by molar-refractivity contribution is 5.42. The Morgan fingerprint density at radius 2 is 1.92 bits per heavy atom. The minimum absolute atomic E-state index is 0.358. The van der Waals surface area contributed by atoms with Crippen LogP contribution in [-0.2, 0) is 11.3 Å². The predicted molar refractivity (Wildman–Crippen MR) is 102 cm³/mol. The third kappa shape index (κ3) is 6.84. The average Bonchev–Trinajstić information content (AvgIpc) is 2.57. The molecule has 1 aliphatic rings. The molecule has 0 amide bonds. The Morgan fingerprint density at radius 1 is 1.16 bits per heavy atom. The standard InChI is InChI=1S/C20H34N2O3/c1-5-24-20-12-18(8-9-19(20)23-4)13-21-10-6-7-11-22-14-16(2)25-17(3)15-22/h8-9,12,16-17,21H,5-7,10-11,13-15H2,1-4H3. The topological polar surface area (TPSA) is 43.0 Å². The number of benzene rings is 1. The van der Waals surface area contributed by atoms with Crippen LogP contribution in [0.4, 0.5) is 0 Å². The van der Waals surface area contributed by atoms with Gasteiger partial charge in [-0.05, 0) is 64.4 Å². The van der Waals surface area contributed by atoms with Crippen molar-refractivity contribution < 1.29 is 14.2 Å². The van der Waals surface area contributed by atoms with Gasteiger partial charge in [0.1, 0.15) is 0 Å². The lowest BCUT2D eigenvalue weighted by Crippen LogP contribution is -2.45. The minimum Gasteiger partial charge on any atom is -0.493 e. The molecule has 1 heterocycles. The van der Waals surface area contributed by atoms with Crippen molar-refractivity contribution in [2.75, 3.05) is 39.9 Å².